The minimum atomic E-state index is -0.502. The topological polar surface area (TPSA) is 81.3 Å². The number of hydrogen-bond donors (Lipinski definition) is 0. The molecule has 20 heavy (non-hydrogen) atoms. The molecule has 2 rings (SSSR count). The minimum absolute atomic E-state index is 0.127. The summed E-state index contributed by atoms with van der Waals surface area (Å²) >= 11 is 0. The molecule has 0 bridgehead atoms. The van der Waals surface area contributed by atoms with Crippen LogP contribution in [0.2, 0.25) is 0 Å². The number of hydrogen-bond acceptors (Lipinski definition) is 4. The van der Waals surface area contributed by atoms with Gasteiger partial charge in [-0.1, -0.05) is 0 Å². The minimum Gasteiger partial charge on any atom is -0.342 e. The van der Waals surface area contributed by atoms with Crippen LogP contribution in [0.15, 0.2) is 36.9 Å². The molecule has 0 saturated carbocycles. The molecule has 1 aromatic heterocycles. The average Bonchev–Trinajstić information content (AvgIpc) is 2.99. The number of nitro benzene ring substituents is 1. The quantitative estimate of drug-likeness (QED) is 0.629. The van der Waals surface area contributed by atoms with Gasteiger partial charge in [-0.05, 0) is 19.1 Å². The van der Waals surface area contributed by atoms with Gasteiger partial charge in [0.25, 0.3) is 11.6 Å². The lowest BCUT2D eigenvalue weighted by molar-refractivity contribution is -0.384. The largest absolute Gasteiger partial charge is 0.342 e. The van der Waals surface area contributed by atoms with E-state index in [1.807, 2.05) is 6.92 Å². The Morgan fingerprint density at radius 1 is 1.50 bits per heavy atom. The smallest absolute Gasteiger partial charge is 0.294 e. The van der Waals surface area contributed by atoms with Crippen molar-refractivity contribution in [3.05, 3.63) is 52.6 Å². The molecule has 104 valence electrons. The average molecular weight is 274 g/mol. The molecular weight excluding hydrogens is 260 g/mol. The molecule has 1 aromatic carbocycles. The van der Waals surface area contributed by atoms with Gasteiger partial charge in [0.15, 0.2) is 0 Å². The van der Waals surface area contributed by atoms with Crippen LogP contribution in [-0.2, 0) is 0 Å². The molecule has 7 heteroatoms. The van der Waals surface area contributed by atoms with E-state index in [9.17, 15) is 14.9 Å². The standard InChI is InChI=1S/C13H14N4O3/c1-3-15(2)13(18)10-4-5-11(12(8-10)17(19)20)16-7-6-14-9-16/h4-9H,3H2,1-2H3. The summed E-state index contributed by atoms with van der Waals surface area (Å²) in [6, 6.07) is 4.43. The Kier molecular flexibility index (Phi) is 3.79. The van der Waals surface area contributed by atoms with E-state index in [0.29, 0.717) is 17.8 Å². The van der Waals surface area contributed by atoms with Crippen LogP contribution in [-0.4, -0.2) is 38.9 Å². The number of carbonyl (C=O) groups is 1. The highest BCUT2D eigenvalue weighted by atomic mass is 16.6. The van der Waals surface area contributed by atoms with Crippen LogP contribution < -0.4 is 0 Å². The molecule has 0 unspecified atom stereocenters. The van der Waals surface area contributed by atoms with E-state index in [-0.39, 0.29) is 11.6 Å². The maximum atomic E-state index is 12.0. The molecule has 0 fully saturated rings. The molecule has 0 saturated heterocycles. The molecule has 0 aliphatic rings. The Morgan fingerprint density at radius 3 is 2.80 bits per heavy atom. The maximum absolute atomic E-state index is 12.0. The van der Waals surface area contributed by atoms with Crippen LogP contribution in [0.5, 0.6) is 0 Å². The first-order valence-electron chi connectivity index (χ1n) is 6.06. The second-order valence-electron chi connectivity index (χ2n) is 4.25. The predicted octanol–water partition coefficient (Wildman–Crippen LogP) is 1.87. The Balaban J connectivity index is 2.49. The Morgan fingerprint density at radius 2 is 2.25 bits per heavy atom. The lowest BCUT2D eigenvalue weighted by Gasteiger charge is -2.14. The fourth-order valence-electron chi connectivity index (χ4n) is 1.79. The Hall–Kier alpha value is -2.70. The molecule has 0 N–H and O–H groups in total. The van der Waals surface area contributed by atoms with Crippen molar-refractivity contribution in [1.29, 1.82) is 0 Å². The number of carbonyl (C=O) groups excluding carboxylic acids is 1. The lowest BCUT2D eigenvalue weighted by Crippen LogP contribution is -2.26. The summed E-state index contributed by atoms with van der Waals surface area (Å²) in [5.74, 6) is -0.243. The van der Waals surface area contributed by atoms with Gasteiger partial charge in [0.05, 0.1) is 11.3 Å². The van der Waals surface area contributed by atoms with E-state index in [4.69, 9.17) is 0 Å². The normalized spacial score (nSPS) is 10.3. The second kappa shape index (κ2) is 5.52. The first-order valence-corrected chi connectivity index (χ1v) is 6.06. The Bertz CT molecular complexity index is 637. The maximum Gasteiger partial charge on any atom is 0.294 e. The van der Waals surface area contributed by atoms with E-state index in [2.05, 4.69) is 4.98 Å². The molecular formula is C13H14N4O3. The summed E-state index contributed by atoms with van der Waals surface area (Å²) < 4.78 is 1.54. The Labute approximate surface area is 115 Å². The van der Waals surface area contributed by atoms with Gasteiger partial charge in [-0.2, -0.15) is 0 Å². The van der Waals surface area contributed by atoms with E-state index < -0.39 is 4.92 Å². The van der Waals surface area contributed by atoms with Crippen molar-refractivity contribution in [3.8, 4) is 5.69 Å². The molecule has 0 radical (unpaired) electrons. The van der Waals surface area contributed by atoms with Crippen LogP contribution in [0.4, 0.5) is 5.69 Å². The zero-order chi connectivity index (χ0) is 14.7. The highest BCUT2D eigenvalue weighted by Gasteiger charge is 2.19. The number of benzene rings is 1. The SMILES string of the molecule is CCN(C)C(=O)c1ccc(-n2ccnc2)c([N+](=O)[O-])c1. The molecule has 1 heterocycles. The van der Waals surface area contributed by atoms with Crippen molar-refractivity contribution in [2.24, 2.45) is 0 Å². The van der Waals surface area contributed by atoms with Crippen molar-refractivity contribution in [2.75, 3.05) is 13.6 Å². The first kappa shape index (κ1) is 13.7. The van der Waals surface area contributed by atoms with E-state index in [1.165, 1.54) is 28.1 Å². The van der Waals surface area contributed by atoms with Gasteiger partial charge in [-0.3, -0.25) is 14.9 Å². The van der Waals surface area contributed by atoms with E-state index in [1.54, 1.807) is 25.4 Å². The summed E-state index contributed by atoms with van der Waals surface area (Å²) in [5.41, 5.74) is 0.548. The van der Waals surface area contributed by atoms with Crippen LogP contribution in [0, 0.1) is 10.1 Å². The fraction of sp³-hybridized carbons (Fsp3) is 0.231. The van der Waals surface area contributed by atoms with E-state index in [0.717, 1.165) is 0 Å². The number of nitrogens with zero attached hydrogens (tertiary/aromatic N) is 4. The van der Waals surface area contributed by atoms with Gasteiger partial charge in [0.1, 0.15) is 5.69 Å². The van der Waals surface area contributed by atoms with Gasteiger partial charge < -0.3 is 9.47 Å². The molecule has 0 aliphatic carbocycles. The first-order chi connectivity index (χ1) is 9.54. The van der Waals surface area contributed by atoms with Gasteiger partial charge in [0, 0.05) is 37.6 Å². The third-order valence-corrected chi connectivity index (χ3v) is 3.02. The van der Waals surface area contributed by atoms with Crippen molar-refractivity contribution >= 4 is 11.6 Å². The summed E-state index contributed by atoms with van der Waals surface area (Å²) in [7, 11) is 1.65. The number of aromatic nitrogens is 2. The highest BCUT2D eigenvalue weighted by molar-refractivity contribution is 5.95. The van der Waals surface area contributed by atoms with Gasteiger partial charge in [-0.25, -0.2) is 4.98 Å². The predicted molar refractivity (Wildman–Crippen MR) is 72.9 cm³/mol. The van der Waals surface area contributed by atoms with Crippen molar-refractivity contribution in [3.63, 3.8) is 0 Å². The molecule has 7 nitrogen and oxygen atoms in total. The van der Waals surface area contributed by atoms with Crippen LogP contribution in [0.25, 0.3) is 5.69 Å². The lowest BCUT2D eigenvalue weighted by atomic mass is 10.1. The highest BCUT2D eigenvalue weighted by Crippen LogP contribution is 2.24. The van der Waals surface area contributed by atoms with Crippen molar-refractivity contribution in [1.82, 2.24) is 14.5 Å². The zero-order valence-electron chi connectivity index (χ0n) is 11.2. The van der Waals surface area contributed by atoms with Gasteiger partial charge in [-0.15, -0.1) is 0 Å². The number of rotatable bonds is 4. The number of nitro groups is 1. The van der Waals surface area contributed by atoms with Gasteiger partial charge >= 0.3 is 0 Å². The van der Waals surface area contributed by atoms with Crippen molar-refractivity contribution < 1.29 is 9.72 Å². The zero-order valence-corrected chi connectivity index (χ0v) is 11.2. The van der Waals surface area contributed by atoms with Gasteiger partial charge in [0.2, 0.25) is 0 Å². The van der Waals surface area contributed by atoms with E-state index >= 15 is 0 Å². The van der Waals surface area contributed by atoms with Crippen LogP contribution in [0.1, 0.15) is 17.3 Å². The number of imidazole rings is 1. The molecule has 1 amide bonds. The summed E-state index contributed by atoms with van der Waals surface area (Å²) in [6.45, 7) is 2.38. The van der Waals surface area contributed by atoms with Crippen LogP contribution >= 0.6 is 0 Å². The van der Waals surface area contributed by atoms with Crippen molar-refractivity contribution in [2.45, 2.75) is 6.92 Å². The molecule has 2 aromatic rings. The summed E-state index contributed by atoms with van der Waals surface area (Å²) in [5, 5.41) is 11.2. The third kappa shape index (κ3) is 2.51. The third-order valence-electron chi connectivity index (χ3n) is 3.02. The van der Waals surface area contributed by atoms with Crippen LogP contribution in [0.3, 0.4) is 0 Å². The fourth-order valence-corrected chi connectivity index (χ4v) is 1.79. The molecule has 0 spiro atoms. The monoisotopic (exact) mass is 274 g/mol. The molecule has 0 atom stereocenters. The summed E-state index contributed by atoms with van der Waals surface area (Å²) in [6.07, 6.45) is 4.62. The summed E-state index contributed by atoms with van der Waals surface area (Å²) in [4.78, 5) is 28.1. The molecule has 0 aliphatic heterocycles. The number of amides is 1. The second-order valence-corrected chi connectivity index (χ2v) is 4.25.